The van der Waals surface area contributed by atoms with Crippen molar-refractivity contribution in [2.75, 3.05) is 10.6 Å². The van der Waals surface area contributed by atoms with Gasteiger partial charge in [0.15, 0.2) is 23.3 Å². The van der Waals surface area contributed by atoms with Crippen molar-refractivity contribution in [3.05, 3.63) is 128 Å². The van der Waals surface area contributed by atoms with Crippen LogP contribution in [0.3, 0.4) is 0 Å². The lowest BCUT2D eigenvalue weighted by atomic mass is 10.1. The quantitative estimate of drug-likeness (QED) is 0.0695. The Morgan fingerprint density at radius 1 is 0.792 bits per heavy atom. The SMILES string of the molecule is CC(Sc1cccc(NC(=O)/C(=C\c2c(Cl)cccc2Cl)NC(=O)c2ccccc2)c1)C(=O)Nc1c(F)c(F)c(C(F)(F)F)c(F)c1F. The van der Waals surface area contributed by atoms with Crippen LogP contribution < -0.4 is 16.0 Å². The molecular formula is C32H20Cl2F7N3O3S. The first-order valence-electron chi connectivity index (χ1n) is 13.4. The van der Waals surface area contributed by atoms with Crippen LogP contribution in [0.1, 0.15) is 28.4 Å². The predicted molar refractivity (Wildman–Crippen MR) is 169 cm³/mol. The molecule has 3 N–H and O–H groups in total. The number of thioether (sulfide) groups is 1. The molecule has 4 aromatic rings. The van der Waals surface area contributed by atoms with Gasteiger partial charge < -0.3 is 16.0 Å². The van der Waals surface area contributed by atoms with E-state index in [9.17, 15) is 45.1 Å². The zero-order valence-electron chi connectivity index (χ0n) is 24.1. The van der Waals surface area contributed by atoms with Crippen molar-refractivity contribution in [2.24, 2.45) is 0 Å². The van der Waals surface area contributed by atoms with Gasteiger partial charge in [-0.2, -0.15) is 13.2 Å². The second-order valence-electron chi connectivity index (χ2n) is 9.75. The minimum absolute atomic E-state index is 0.159. The van der Waals surface area contributed by atoms with Crippen molar-refractivity contribution >= 4 is 70.1 Å². The summed E-state index contributed by atoms with van der Waals surface area (Å²) < 4.78 is 95.2. The minimum atomic E-state index is -5.74. The molecule has 250 valence electrons. The molecule has 0 bridgehead atoms. The highest BCUT2D eigenvalue weighted by Crippen LogP contribution is 2.39. The fraction of sp³-hybridized carbons (Fsp3) is 0.0938. The summed E-state index contributed by atoms with van der Waals surface area (Å²) in [6, 6.07) is 18.5. The van der Waals surface area contributed by atoms with Crippen molar-refractivity contribution in [1.29, 1.82) is 0 Å². The van der Waals surface area contributed by atoms with E-state index in [1.165, 1.54) is 61.5 Å². The second kappa shape index (κ2) is 15.1. The first-order chi connectivity index (χ1) is 22.6. The van der Waals surface area contributed by atoms with Crippen molar-refractivity contribution in [1.82, 2.24) is 5.32 Å². The Bertz CT molecular complexity index is 1880. The minimum Gasteiger partial charge on any atom is -0.321 e. The Kier molecular flexibility index (Phi) is 11.4. The molecule has 1 unspecified atom stereocenters. The van der Waals surface area contributed by atoms with Crippen LogP contribution in [0.2, 0.25) is 10.0 Å². The summed E-state index contributed by atoms with van der Waals surface area (Å²) in [5.41, 5.74) is -4.11. The van der Waals surface area contributed by atoms with E-state index in [4.69, 9.17) is 23.2 Å². The van der Waals surface area contributed by atoms with E-state index in [0.29, 0.717) is 4.90 Å². The van der Waals surface area contributed by atoms with Gasteiger partial charge in [-0.25, -0.2) is 17.6 Å². The highest BCUT2D eigenvalue weighted by atomic mass is 35.5. The van der Waals surface area contributed by atoms with Gasteiger partial charge in [-0.15, -0.1) is 11.8 Å². The first-order valence-corrected chi connectivity index (χ1v) is 15.1. The number of carbonyl (C=O) groups excluding carboxylic acids is 3. The van der Waals surface area contributed by atoms with Crippen LogP contribution in [-0.2, 0) is 15.8 Å². The lowest BCUT2D eigenvalue weighted by Crippen LogP contribution is -2.30. The molecule has 16 heteroatoms. The molecule has 4 aromatic carbocycles. The van der Waals surface area contributed by atoms with Crippen molar-refractivity contribution < 1.29 is 45.1 Å². The van der Waals surface area contributed by atoms with Crippen LogP contribution in [0.15, 0.2) is 83.4 Å². The van der Waals surface area contributed by atoms with Crippen LogP contribution in [0.4, 0.5) is 42.1 Å². The summed E-state index contributed by atoms with van der Waals surface area (Å²) in [4.78, 5) is 39.3. The number of alkyl halides is 3. The van der Waals surface area contributed by atoms with E-state index >= 15 is 0 Å². The number of amides is 3. The molecule has 4 rings (SSSR count). The summed E-state index contributed by atoms with van der Waals surface area (Å²) in [5, 5.41) is 5.85. The van der Waals surface area contributed by atoms with E-state index in [0.717, 1.165) is 11.8 Å². The summed E-state index contributed by atoms with van der Waals surface area (Å²) in [5.74, 6) is -12.9. The van der Waals surface area contributed by atoms with Crippen molar-refractivity contribution in [3.63, 3.8) is 0 Å². The molecule has 0 aliphatic heterocycles. The third kappa shape index (κ3) is 8.48. The smallest absolute Gasteiger partial charge is 0.321 e. The zero-order chi connectivity index (χ0) is 35.3. The van der Waals surface area contributed by atoms with Crippen LogP contribution in [0.5, 0.6) is 0 Å². The molecule has 0 heterocycles. The molecule has 0 spiro atoms. The average Bonchev–Trinajstić information content (AvgIpc) is 3.03. The summed E-state index contributed by atoms with van der Waals surface area (Å²) in [7, 11) is 0. The Labute approximate surface area is 282 Å². The van der Waals surface area contributed by atoms with Gasteiger partial charge in [-0.05, 0) is 55.5 Å². The molecule has 0 saturated carbocycles. The molecule has 0 aromatic heterocycles. The van der Waals surface area contributed by atoms with Crippen molar-refractivity contribution in [2.45, 2.75) is 23.2 Å². The van der Waals surface area contributed by atoms with Gasteiger partial charge in [-0.3, -0.25) is 14.4 Å². The summed E-state index contributed by atoms with van der Waals surface area (Å²) >= 11 is 13.3. The number of carbonyl (C=O) groups is 3. The standard InChI is InChI=1S/C32H20Cl2F7N3O3S/c1-15(29(45)44-28-26(37)24(35)23(32(39,40)41)25(36)27(28)38)48-18-10-5-9-17(13-18)42-31(47)22(14-19-20(33)11-6-12-21(19)34)43-30(46)16-7-3-2-4-8-16/h2-15H,1H3,(H,42,47)(H,43,46)(H,44,45)/b22-14+. The summed E-state index contributed by atoms with van der Waals surface area (Å²) in [6.07, 6.45) is -4.47. The normalized spacial score (nSPS) is 12.3. The molecule has 0 fully saturated rings. The van der Waals surface area contributed by atoms with E-state index in [-0.39, 0.29) is 32.6 Å². The second-order valence-corrected chi connectivity index (χ2v) is 12.0. The van der Waals surface area contributed by atoms with Gasteiger partial charge in [0.05, 0.1) is 5.25 Å². The topological polar surface area (TPSA) is 87.3 Å². The maximum Gasteiger partial charge on any atom is 0.422 e. The molecule has 0 aliphatic carbocycles. The van der Waals surface area contributed by atoms with E-state index in [1.807, 2.05) is 0 Å². The number of halogens is 9. The first kappa shape index (κ1) is 36.3. The lowest BCUT2D eigenvalue weighted by molar-refractivity contribution is -0.143. The third-order valence-corrected chi connectivity index (χ3v) is 8.14. The molecular weight excluding hydrogens is 710 g/mol. The number of nitrogens with one attached hydrogen (secondary N) is 3. The van der Waals surface area contributed by atoms with Gasteiger partial charge in [0, 0.05) is 31.8 Å². The van der Waals surface area contributed by atoms with Crippen LogP contribution in [0.25, 0.3) is 6.08 Å². The van der Waals surface area contributed by atoms with E-state index in [2.05, 4.69) is 10.6 Å². The number of benzene rings is 4. The Balaban J connectivity index is 1.53. The fourth-order valence-electron chi connectivity index (χ4n) is 4.05. The van der Waals surface area contributed by atoms with Crippen LogP contribution in [-0.4, -0.2) is 23.0 Å². The highest BCUT2D eigenvalue weighted by molar-refractivity contribution is 8.00. The molecule has 3 amide bonds. The van der Waals surface area contributed by atoms with Crippen molar-refractivity contribution in [3.8, 4) is 0 Å². The molecule has 0 saturated heterocycles. The summed E-state index contributed by atoms with van der Waals surface area (Å²) in [6.45, 7) is 1.24. The number of anilines is 2. The molecule has 0 radical (unpaired) electrons. The number of hydrogen-bond donors (Lipinski definition) is 3. The number of rotatable bonds is 9. The average molecular weight is 730 g/mol. The van der Waals surface area contributed by atoms with Gasteiger partial charge in [0.1, 0.15) is 16.9 Å². The molecule has 48 heavy (non-hydrogen) atoms. The van der Waals surface area contributed by atoms with Gasteiger partial charge in [-0.1, -0.05) is 53.5 Å². The van der Waals surface area contributed by atoms with E-state index < -0.39 is 63.7 Å². The third-order valence-electron chi connectivity index (χ3n) is 6.39. The predicted octanol–water partition coefficient (Wildman–Crippen LogP) is 9.10. The van der Waals surface area contributed by atoms with Gasteiger partial charge in [0.25, 0.3) is 11.8 Å². The maximum absolute atomic E-state index is 14.3. The van der Waals surface area contributed by atoms with Crippen LogP contribution in [0, 0.1) is 23.3 Å². The number of hydrogen-bond acceptors (Lipinski definition) is 4. The van der Waals surface area contributed by atoms with E-state index in [1.54, 1.807) is 29.6 Å². The molecule has 6 nitrogen and oxygen atoms in total. The Hall–Kier alpha value is -4.53. The highest BCUT2D eigenvalue weighted by Gasteiger charge is 2.42. The van der Waals surface area contributed by atoms with Crippen LogP contribution >= 0.6 is 35.0 Å². The maximum atomic E-state index is 14.3. The zero-order valence-corrected chi connectivity index (χ0v) is 26.4. The Morgan fingerprint density at radius 3 is 1.96 bits per heavy atom. The van der Waals surface area contributed by atoms with Gasteiger partial charge in [0.2, 0.25) is 5.91 Å². The molecule has 0 aliphatic rings. The fourth-order valence-corrected chi connectivity index (χ4v) is 5.49. The monoisotopic (exact) mass is 729 g/mol. The Morgan fingerprint density at radius 2 is 1.38 bits per heavy atom. The largest absolute Gasteiger partial charge is 0.422 e. The van der Waals surface area contributed by atoms with Gasteiger partial charge >= 0.3 is 6.18 Å². The molecule has 1 atom stereocenters. The lowest BCUT2D eigenvalue weighted by Gasteiger charge is -2.17.